The summed E-state index contributed by atoms with van der Waals surface area (Å²) in [4.78, 5) is 25.9. The zero-order valence-electron chi connectivity index (χ0n) is 15.4. The van der Waals surface area contributed by atoms with E-state index in [0.717, 1.165) is 18.8 Å². The molecular weight excluding hydrogens is 348 g/mol. The number of hydrogen-bond donors (Lipinski definition) is 1. The molecule has 0 saturated carbocycles. The lowest BCUT2D eigenvalue weighted by molar-refractivity contribution is -0.383. The summed E-state index contributed by atoms with van der Waals surface area (Å²) in [6, 6.07) is 9.51. The second-order valence-electron chi connectivity index (χ2n) is 6.26. The van der Waals surface area contributed by atoms with Gasteiger partial charge in [-0.1, -0.05) is 18.2 Å². The average Bonchev–Trinajstić information content (AvgIpc) is 2.70. The van der Waals surface area contributed by atoms with Crippen LogP contribution >= 0.6 is 0 Å². The number of rotatable bonds is 7. The Bertz CT molecular complexity index is 765. The summed E-state index contributed by atoms with van der Waals surface area (Å²) in [7, 11) is 0. The van der Waals surface area contributed by atoms with Crippen molar-refractivity contribution in [1.82, 2.24) is 14.9 Å². The Morgan fingerprint density at radius 1 is 1.19 bits per heavy atom. The molecule has 1 fully saturated rings. The smallest absolute Gasteiger partial charge is 0.353 e. The number of β-amino-alcohol motifs (C(OH)–C–C–N with tert-alkyl or cyclic N) is 1. The number of benzene rings is 1. The highest BCUT2D eigenvalue weighted by Gasteiger charge is 2.31. The Morgan fingerprint density at radius 2 is 1.89 bits per heavy atom. The van der Waals surface area contributed by atoms with Gasteiger partial charge in [-0.15, -0.1) is 0 Å². The number of piperazine rings is 1. The first-order valence-electron chi connectivity index (χ1n) is 9.05. The van der Waals surface area contributed by atoms with Crippen LogP contribution in [0.2, 0.25) is 0 Å². The van der Waals surface area contributed by atoms with Crippen LogP contribution in [0.25, 0.3) is 0 Å². The lowest BCUT2D eigenvalue weighted by atomic mass is 10.2. The summed E-state index contributed by atoms with van der Waals surface area (Å²) in [5, 5.41) is 21.0. The zero-order chi connectivity index (χ0) is 19.2. The van der Waals surface area contributed by atoms with Gasteiger partial charge in [-0.2, -0.15) is 0 Å². The third kappa shape index (κ3) is 4.15. The van der Waals surface area contributed by atoms with Crippen molar-refractivity contribution in [2.75, 3.05) is 55.7 Å². The second kappa shape index (κ2) is 8.74. The van der Waals surface area contributed by atoms with Crippen molar-refractivity contribution in [3.8, 4) is 0 Å². The molecule has 2 aromatic rings. The van der Waals surface area contributed by atoms with Crippen LogP contribution < -0.4 is 9.80 Å². The van der Waals surface area contributed by atoms with Gasteiger partial charge in [0, 0.05) is 45.0 Å². The third-order valence-electron chi connectivity index (χ3n) is 4.69. The molecule has 0 radical (unpaired) electrons. The molecule has 1 aliphatic heterocycles. The van der Waals surface area contributed by atoms with Crippen LogP contribution in [0.3, 0.4) is 0 Å². The van der Waals surface area contributed by atoms with Crippen molar-refractivity contribution < 1.29 is 10.0 Å². The fourth-order valence-corrected chi connectivity index (χ4v) is 3.34. The van der Waals surface area contributed by atoms with Gasteiger partial charge < -0.3 is 14.9 Å². The van der Waals surface area contributed by atoms with E-state index in [-0.39, 0.29) is 12.3 Å². The molecule has 0 unspecified atom stereocenters. The minimum absolute atomic E-state index is 0.0705. The quantitative estimate of drug-likeness (QED) is 0.579. The van der Waals surface area contributed by atoms with Crippen LogP contribution in [0.1, 0.15) is 6.92 Å². The minimum atomic E-state index is -0.392. The van der Waals surface area contributed by atoms with E-state index in [2.05, 4.69) is 14.9 Å². The number of nitro groups is 1. The number of para-hydroxylation sites is 1. The van der Waals surface area contributed by atoms with Gasteiger partial charge in [0.15, 0.2) is 0 Å². The molecule has 0 atom stereocenters. The molecule has 9 heteroatoms. The number of hydrogen-bond acceptors (Lipinski definition) is 8. The zero-order valence-corrected chi connectivity index (χ0v) is 15.4. The maximum Gasteiger partial charge on any atom is 0.353 e. The van der Waals surface area contributed by atoms with Crippen molar-refractivity contribution in [3.05, 3.63) is 46.8 Å². The van der Waals surface area contributed by atoms with E-state index in [1.807, 2.05) is 47.1 Å². The lowest BCUT2D eigenvalue weighted by Gasteiger charge is -2.35. The molecule has 0 spiro atoms. The highest BCUT2D eigenvalue weighted by molar-refractivity contribution is 5.76. The Kier molecular flexibility index (Phi) is 6.15. The lowest BCUT2D eigenvalue weighted by Crippen LogP contribution is -2.47. The number of aliphatic hydroxyl groups is 1. The molecular formula is C18H24N6O3. The van der Waals surface area contributed by atoms with E-state index in [9.17, 15) is 10.1 Å². The fraction of sp³-hybridized carbons (Fsp3) is 0.444. The van der Waals surface area contributed by atoms with Crippen molar-refractivity contribution in [2.24, 2.45) is 0 Å². The first-order chi connectivity index (χ1) is 13.2. The second-order valence-corrected chi connectivity index (χ2v) is 6.26. The predicted molar refractivity (Wildman–Crippen MR) is 104 cm³/mol. The van der Waals surface area contributed by atoms with Gasteiger partial charge in [-0.3, -0.25) is 15.0 Å². The monoisotopic (exact) mass is 372 g/mol. The average molecular weight is 372 g/mol. The van der Waals surface area contributed by atoms with Gasteiger partial charge in [0.1, 0.15) is 6.33 Å². The SMILES string of the molecule is CCN(c1ccccc1)c1ncnc(N2CCN(CCO)CC2)c1[N+](=O)[O-]. The first-order valence-corrected chi connectivity index (χ1v) is 9.05. The summed E-state index contributed by atoms with van der Waals surface area (Å²) in [6.45, 7) is 5.91. The van der Waals surface area contributed by atoms with Crippen LogP contribution in [-0.4, -0.2) is 70.8 Å². The molecule has 0 aliphatic carbocycles. The molecule has 1 saturated heterocycles. The highest BCUT2D eigenvalue weighted by Crippen LogP contribution is 2.37. The topological polar surface area (TPSA) is 98.9 Å². The first kappa shape index (κ1) is 19.0. The third-order valence-corrected chi connectivity index (χ3v) is 4.69. The molecule has 144 valence electrons. The van der Waals surface area contributed by atoms with E-state index < -0.39 is 4.92 Å². The van der Waals surface area contributed by atoms with E-state index in [0.29, 0.717) is 37.8 Å². The largest absolute Gasteiger partial charge is 0.395 e. The van der Waals surface area contributed by atoms with E-state index in [1.54, 1.807) is 0 Å². The van der Waals surface area contributed by atoms with Crippen LogP contribution in [0, 0.1) is 10.1 Å². The van der Waals surface area contributed by atoms with Crippen LogP contribution in [0.4, 0.5) is 23.0 Å². The number of anilines is 3. The molecule has 0 bridgehead atoms. The van der Waals surface area contributed by atoms with E-state index in [1.165, 1.54) is 6.33 Å². The normalized spacial score (nSPS) is 15.0. The Labute approximate surface area is 158 Å². The predicted octanol–water partition coefficient (Wildman–Crippen LogP) is 1.66. The Balaban J connectivity index is 1.95. The van der Waals surface area contributed by atoms with Gasteiger partial charge >= 0.3 is 5.69 Å². The molecule has 3 rings (SSSR count). The number of nitrogens with zero attached hydrogens (tertiary/aromatic N) is 6. The Hall–Kier alpha value is -2.78. The summed E-state index contributed by atoms with van der Waals surface area (Å²) in [5.41, 5.74) is 0.777. The summed E-state index contributed by atoms with van der Waals surface area (Å²) in [6.07, 6.45) is 1.39. The molecule has 1 aromatic carbocycles. The summed E-state index contributed by atoms with van der Waals surface area (Å²) < 4.78 is 0. The molecule has 1 N–H and O–H groups in total. The van der Waals surface area contributed by atoms with Crippen LogP contribution in [0.15, 0.2) is 36.7 Å². The van der Waals surface area contributed by atoms with E-state index in [4.69, 9.17) is 5.11 Å². The summed E-state index contributed by atoms with van der Waals surface area (Å²) >= 11 is 0. The van der Waals surface area contributed by atoms with Gasteiger partial charge in [-0.05, 0) is 19.1 Å². The Morgan fingerprint density at radius 3 is 2.48 bits per heavy atom. The highest BCUT2D eigenvalue weighted by atomic mass is 16.6. The fourth-order valence-electron chi connectivity index (χ4n) is 3.34. The molecule has 27 heavy (non-hydrogen) atoms. The maximum atomic E-state index is 11.9. The molecule has 9 nitrogen and oxygen atoms in total. The molecule has 1 aromatic heterocycles. The number of aliphatic hydroxyl groups excluding tert-OH is 1. The summed E-state index contributed by atoms with van der Waals surface area (Å²) in [5.74, 6) is 0.652. The minimum Gasteiger partial charge on any atom is -0.395 e. The standard InChI is InChI=1S/C18H24N6O3/c1-2-23(15-6-4-3-5-7-15)18-16(24(26)27)17(19-14-20-18)22-10-8-21(9-11-22)12-13-25/h3-7,14,25H,2,8-13H2,1H3. The van der Waals surface area contributed by atoms with Crippen molar-refractivity contribution in [2.45, 2.75) is 6.92 Å². The van der Waals surface area contributed by atoms with Crippen molar-refractivity contribution >= 4 is 23.0 Å². The van der Waals surface area contributed by atoms with Crippen molar-refractivity contribution in [3.63, 3.8) is 0 Å². The number of aromatic nitrogens is 2. The van der Waals surface area contributed by atoms with Gasteiger partial charge in [0.25, 0.3) is 0 Å². The van der Waals surface area contributed by atoms with Gasteiger partial charge in [0.2, 0.25) is 11.6 Å². The van der Waals surface area contributed by atoms with Crippen LogP contribution in [-0.2, 0) is 0 Å². The molecule has 2 heterocycles. The molecule has 0 amide bonds. The van der Waals surface area contributed by atoms with E-state index >= 15 is 0 Å². The maximum absolute atomic E-state index is 11.9. The van der Waals surface area contributed by atoms with Crippen LogP contribution in [0.5, 0.6) is 0 Å². The van der Waals surface area contributed by atoms with Gasteiger partial charge in [-0.25, -0.2) is 9.97 Å². The van der Waals surface area contributed by atoms with Gasteiger partial charge in [0.05, 0.1) is 11.5 Å². The van der Waals surface area contributed by atoms with Crippen molar-refractivity contribution in [1.29, 1.82) is 0 Å². The molecule has 1 aliphatic rings.